The maximum Gasteiger partial charge on any atom is 0.359 e. The summed E-state index contributed by atoms with van der Waals surface area (Å²) >= 11 is 6.18. The number of carbonyl (C=O) groups is 1. The maximum absolute atomic E-state index is 12.3. The molecule has 3 aromatic rings. The van der Waals surface area contributed by atoms with E-state index in [9.17, 15) is 4.79 Å². The van der Waals surface area contributed by atoms with E-state index in [1.54, 1.807) is 12.1 Å². The van der Waals surface area contributed by atoms with Crippen LogP contribution >= 0.6 is 11.6 Å². The number of para-hydroxylation sites is 1. The second kappa shape index (κ2) is 6.05. The maximum atomic E-state index is 12.3. The van der Waals surface area contributed by atoms with Crippen LogP contribution in [0.3, 0.4) is 0 Å². The Morgan fingerprint density at radius 3 is 3.00 bits per heavy atom. The molecule has 0 bridgehead atoms. The van der Waals surface area contributed by atoms with Crippen molar-refractivity contribution in [2.45, 2.75) is 6.61 Å². The Morgan fingerprint density at radius 2 is 2.08 bits per heavy atom. The number of fused-ring (bicyclic) bond motifs is 2. The van der Waals surface area contributed by atoms with Gasteiger partial charge in [-0.05, 0) is 23.8 Å². The van der Waals surface area contributed by atoms with Crippen LogP contribution in [0.2, 0.25) is 5.02 Å². The van der Waals surface area contributed by atoms with E-state index in [1.807, 2.05) is 24.3 Å². The van der Waals surface area contributed by atoms with Crippen molar-refractivity contribution in [1.29, 1.82) is 0 Å². The summed E-state index contributed by atoms with van der Waals surface area (Å²) in [5, 5.41) is 7.99. The Hall–Kier alpha value is -2.73. The fourth-order valence-electron chi connectivity index (χ4n) is 2.58. The molecule has 1 N–H and O–H groups in total. The molecule has 122 valence electrons. The lowest BCUT2D eigenvalue weighted by atomic mass is 10.2. The standard InChI is InChI=1S/C17H13ClN2O4/c18-12-7-10(8-14-16(12)23-6-5-22-14)9-24-17(21)15-11-3-1-2-4-13(11)19-20-15/h1-4,7-8H,5-6,9H2,(H,19,20). The Bertz CT molecular complexity index is 922. The molecule has 0 fully saturated rings. The molecule has 1 aliphatic heterocycles. The number of nitrogens with one attached hydrogen (secondary N) is 1. The van der Waals surface area contributed by atoms with Crippen LogP contribution in [0.4, 0.5) is 0 Å². The number of rotatable bonds is 3. The van der Waals surface area contributed by atoms with Crippen LogP contribution in [-0.2, 0) is 11.3 Å². The van der Waals surface area contributed by atoms with Crippen LogP contribution in [0, 0.1) is 0 Å². The molecule has 0 unspecified atom stereocenters. The number of H-pyrrole nitrogens is 1. The number of aromatic amines is 1. The SMILES string of the molecule is O=C(OCc1cc(Cl)c2c(c1)OCCO2)c1n[nH]c2ccccc12. The highest BCUT2D eigenvalue weighted by molar-refractivity contribution is 6.32. The number of benzene rings is 2. The normalized spacial score (nSPS) is 13.0. The van der Waals surface area contributed by atoms with Gasteiger partial charge in [-0.3, -0.25) is 5.10 Å². The van der Waals surface area contributed by atoms with Gasteiger partial charge >= 0.3 is 5.97 Å². The number of hydrogen-bond acceptors (Lipinski definition) is 5. The van der Waals surface area contributed by atoms with Crippen molar-refractivity contribution in [1.82, 2.24) is 10.2 Å². The molecule has 1 aliphatic rings. The molecule has 1 aromatic heterocycles. The van der Waals surface area contributed by atoms with Crippen LogP contribution in [0.15, 0.2) is 36.4 Å². The summed E-state index contributed by atoms with van der Waals surface area (Å²) < 4.78 is 16.3. The zero-order valence-corrected chi connectivity index (χ0v) is 13.3. The van der Waals surface area contributed by atoms with E-state index in [0.717, 1.165) is 16.5 Å². The van der Waals surface area contributed by atoms with Gasteiger partial charge in [-0.1, -0.05) is 29.8 Å². The number of esters is 1. The molecule has 2 aromatic carbocycles. The van der Waals surface area contributed by atoms with Crippen molar-refractivity contribution in [2.75, 3.05) is 13.2 Å². The van der Waals surface area contributed by atoms with Crippen LogP contribution < -0.4 is 9.47 Å². The molecule has 0 radical (unpaired) electrons. The van der Waals surface area contributed by atoms with Gasteiger partial charge in [0.15, 0.2) is 17.2 Å². The van der Waals surface area contributed by atoms with Crippen molar-refractivity contribution in [3.8, 4) is 11.5 Å². The van der Waals surface area contributed by atoms with Gasteiger partial charge in [-0.25, -0.2) is 4.79 Å². The first-order chi connectivity index (χ1) is 11.7. The molecule has 6 nitrogen and oxygen atoms in total. The molecule has 0 saturated carbocycles. The quantitative estimate of drug-likeness (QED) is 0.738. The minimum Gasteiger partial charge on any atom is -0.486 e. The monoisotopic (exact) mass is 344 g/mol. The number of halogens is 1. The summed E-state index contributed by atoms with van der Waals surface area (Å²) in [6.07, 6.45) is 0. The molecule has 4 rings (SSSR count). The first kappa shape index (κ1) is 14.8. The van der Waals surface area contributed by atoms with E-state index in [4.69, 9.17) is 25.8 Å². The summed E-state index contributed by atoms with van der Waals surface area (Å²) in [7, 11) is 0. The second-order valence-corrected chi connectivity index (χ2v) is 5.70. The van der Waals surface area contributed by atoms with Gasteiger partial charge in [0.25, 0.3) is 0 Å². The van der Waals surface area contributed by atoms with Gasteiger partial charge in [0.1, 0.15) is 19.8 Å². The van der Waals surface area contributed by atoms with E-state index in [-0.39, 0.29) is 12.3 Å². The van der Waals surface area contributed by atoms with Gasteiger partial charge in [-0.15, -0.1) is 0 Å². The van der Waals surface area contributed by atoms with Crippen molar-refractivity contribution in [3.05, 3.63) is 52.7 Å². The minimum absolute atomic E-state index is 0.0659. The third kappa shape index (κ3) is 2.65. The summed E-state index contributed by atoms with van der Waals surface area (Å²) in [4.78, 5) is 12.3. The van der Waals surface area contributed by atoms with Crippen LogP contribution in [-0.4, -0.2) is 29.4 Å². The smallest absolute Gasteiger partial charge is 0.359 e. The van der Waals surface area contributed by atoms with E-state index < -0.39 is 5.97 Å². The first-order valence-corrected chi connectivity index (χ1v) is 7.78. The Labute approximate surface area is 142 Å². The molecule has 2 heterocycles. The highest BCUT2D eigenvalue weighted by Gasteiger charge is 2.19. The predicted octanol–water partition coefficient (Wildman–Crippen LogP) is 3.34. The van der Waals surface area contributed by atoms with Gasteiger partial charge in [0.2, 0.25) is 0 Å². The third-order valence-corrected chi connectivity index (χ3v) is 3.97. The zero-order chi connectivity index (χ0) is 16.5. The average molecular weight is 345 g/mol. The molecule has 7 heteroatoms. The van der Waals surface area contributed by atoms with Gasteiger partial charge in [-0.2, -0.15) is 5.10 Å². The van der Waals surface area contributed by atoms with Crippen molar-refractivity contribution in [2.24, 2.45) is 0 Å². The Morgan fingerprint density at radius 1 is 1.25 bits per heavy atom. The fraction of sp³-hybridized carbons (Fsp3) is 0.176. The van der Waals surface area contributed by atoms with Crippen LogP contribution in [0.25, 0.3) is 10.9 Å². The average Bonchev–Trinajstić information content (AvgIpc) is 3.04. The molecule has 0 amide bonds. The summed E-state index contributed by atoms with van der Waals surface area (Å²) in [6, 6.07) is 10.8. The Kier molecular flexibility index (Phi) is 3.74. The van der Waals surface area contributed by atoms with Crippen molar-refractivity contribution >= 4 is 28.5 Å². The number of ether oxygens (including phenoxy) is 3. The molecular weight excluding hydrogens is 332 g/mol. The predicted molar refractivity (Wildman–Crippen MR) is 87.7 cm³/mol. The lowest BCUT2D eigenvalue weighted by molar-refractivity contribution is 0.0467. The van der Waals surface area contributed by atoms with E-state index >= 15 is 0 Å². The Balaban J connectivity index is 1.52. The highest BCUT2D eigenvalue weighted by atomic mass is 35.5. The first-order valence-electron chi connectivity index (χ1n) is 7.40. The van der Waals surface area contributed by atoms with E-state index in [2.05, 4.69) is 10.2 Å². The lowest BCUT2D eigenvalue weighted by Gasteiger charge is -2.20. The summed E-state index contributed by atoms with van der Waals surface area (Å²) in [5.41, 5.74) is 1.76. The number of nitrogens with zero attached hydrogens (tertiary/aromatic N) is 1. The summed E-state index contributed by atoms with van der Waals surface area (Å²) in [6.45, 7) is 0.996. The number of carbonyl (C=O) groups excluding carboxylic acids is 1. The topological polar surface area (TPSA) is 73.4 Å². The molecule has 24 heavy (non-hydrogen) atoms. The van der Waals surface area contributed by atoms with Crippen molar-refractivity contribution < 1.29 is 19.0 Å². The van der Waals surface area contributed by atoms with Crippen molar-refractivity contribution in [3.63, 3.8) is 0 Å². The number of hydrogen-bond donors (Lipinski definition) is 1. The molecule has 0 atom stereocenters. The summed E-state index contributed by atoms with van der Waals surface area (Å²) in [5.74, 6) is 0.583. The second-order valence-electron chi connectivity index (χ2n) is 5.30. The third-order valence-electron chi connectivity index (χ3n) is 3.69. The van der Waals surface area contributed by atoms with Gasteiger partial charge in [0, 0.05) is 5.39 Å². The van der Waals surface area contributed by atoms with E-state index in [1.165, 1.54) is 0 Å². The molecular formula is C17H13ClN2O4. The largest absolute Gasteiger partial charge is 0.486 e. The molecule has 0 spiro atoms. The minimum atomic E-state index is -0.501. The van der Waals surface area contributed by atoms with Gasteiger partial charge in [0.05, 0.1) is 10.5 Å². The van der Waals surface area contributed by atoms with Crippen LogP contribution in [0.1, 0.15) is 16.1 Å². The van der Waals surface area contributed by atoms with E-state index in [0.29, 0.717) is 29.7 Å². The lowest BCUT2D eigenvalue weighted by Crippen LogP contribution is -2.16. The molecule has 0 aliphatic carbocycles. The molecule has 0 saturated heterocycles. The zero-order valence-electron chi connectivity index (χ0n) is 12.5. The highest BCUT2D eigenvalue weighted by Crippen LogP contribution is 2.38. The van der Waals surface area contributed by atoms with Crippen LogP contribution in [0.5, 0.6) is 11.5 Å². The fourth-order valence-corrected chi connectivity index (χ4v) is 2.87. The number of aromatic nitrogens is 2. The van der Waals surface area contributed by atoms with Gasteiger partial charge < -0.3 is 14.2 Å².